The predicted octanol–water partition coefficient (Wildman–Crippen LogP) is 3.09. The smallest absolute Gasteiger partial charge is 0.0346 e. The van der Waals surface area contributed by atoms with Crippen molar-refractivity contribution in [2.24, 2.45) is 0 Å². The molecule has 0 atom stereocenters. The zero-order valence-corrected chi connectivity index (χ0v) is 11.7. The van der Waals surface area contributed by atoms with Gasteiger partial charge in [0.15, 0.2) is 0 Å². The van der Waals surface area contributed by atoms with Crippen LogP contribution in [0.5, 0.6) is 0 Å². The standard InChI is InChI=1S/C15H20N2S/c1-16-13-6-8-17(9-7-13)10-12-11-18-15-5-3-2-4-14(12)15/h2-5,11,13,16H,6-10H2,1H3. The van der Waals surface area contributed by atoms with Crippen molar-refractivity contribution in [1.29, 1.82) is 0 Å². The van der Waals surface area contributed by atoms with E-state index >= 15 is 0 Å². The fourth-order valence-corrected chi connectivity index (χ4v) is 3.73. The van der Waals surface area contributed by atoms with E-state index in [9.17, 15) is 0 Å². The normalized spacial score (nSPS) is 18.5. The summed E-state index contributed by atoms with van der Waals surface area (Å²) < 4.78 is 1.41. The molecule has 1 N–H and O–H groups in total. The van der Waals surface area contributed by atoms with E-state index in [1.165, 1.54) is 41.6 Å². The Morgan fingerprint density at radius 2 is 2.06 bits per heavy atom. The minimum Gasteiger partial charge on any atom is -0.317 e. The summed E-state index contributed by atoms with van der Waals surface area (Å²) in [6.45, 7) is 3.55. The Morgan fingerprint density at radius 1 is 1.28 bits per heavy atom. The van der Waals surface area contributed by atoms with Gasteiger partial charge in [0.05, 0.1) is 0 Å². The second-order valence-corrected chi connectivity index (χ2v) is 6.01. The van der Waals surface area contributed by atoms with Crippen LogP contribution in [-0.4, -0.2) is 31.1 Å². The summed E-state index contributed by atoms with van der Waals surface area (Å²) in [6, 6.07) is 9.46. The van der Waals surface area contributed by atoms with E-state index in [1.807, 2.05) is 11.3 Å². The fourth-order valence-electron chi connectivity index (χ4n) is 2.78. The number of benzene rings is 1. The molecule has 3 heteroatoms. The molecule has 1 fully saturated rings. The molecule has 0 unspecified atom stereocenters. The summed E-state index contributed by atoms with van der Waals surface area (Å²) in [5, 5.41) is 7.16. The summed E-state index contributed by atoms with van der Waals surface area (Å²) >= 11 is 1.87. The van der Waals surface area contributed by atoms with Crippen molar-refractivity contribution in [2.45, 2.75) is 25.4 Å². The maximum atomic E-state index is 3.39. The van der Waals surface area contributed by atoms with Crippen molar-refractivity contribution in [3.05, 3.63) is 35.2 Å². The van der Waals surface area contributed by atoms with Crippen molar-refractivity contribution in [1.82, 2.24) is 10.2 Å². The van der Waals surface area contributed by atoms with Crippen LogP contribution in [0.2, 0.25) is 0 Å². The predicted molar refractivity (Wildman–Crippen MR) is 79.2 cm³/mol. The molecule has 0 saturated carbocycles. The first kappa shape index (κ1) is 12.2. The van der Waals surface area contributed by atoms with Crippen LogP contribution in [0.25, 0.3) is 10.1 Å². The topological polar surface area (TPSA) is 15.3 Å². The molecule has 0 bridgehead atoms. The Kier molecular flexibility index (Phi) is 3.64. The van der Waals surface area contributed by atoms with Crippen molar-refractivity contribution in [3.63, 3.8) is 0 Å². The minimum absolute atomic E-state index is 0.723. The number of hydrogen-bond acceptors (Lipinski definition) is 3. The van der Waals surface area contributed by atoms with Crippen LogP contribution in [0.4, 0.5) is 0 Å². The van der Waals surface area contributed by atoms with Gasteiger partial charge in [-0.3, -0.25) is 4.90 Å². The average molecular weight is 260 g/mol. The summed E-state index contributed by atoms with van der Waals surface area (Å²) in [4.78, 5) is 2.59. The summed E-state index contributed by atoms with van der Waals surface area (Å²) in [5.41, 5.74) is 1.50. The molecule has 2 aromatic rings. The number of hydrogen-bond donors (Lipinski definition) is 1. The Balaban J connectivity index is 1.70. The molecule has 1 aromatic heterocycles. The first-order chi connectivity index (χ1) is 8.86. The second-order valence-electron chi connectivity index (χ2n) is 5.10. The molecule has 2 heterocycles. The van der Waals surface area contributed by atoms with Crippen LogP contribution in [0.3, 0.4) is 0 Å². The monoisotopic (exact) mass is 260 g/mol. The molecule has 0 spiro atoms. The third-order valence-corrected chi connectivity index (χ3v) is 4.96. The highest BCUT2D eigenvalue weighted by Crippen LogP contribution is 2.27. The molecule has 3 rings (SSSR count). The quantitative estimate of drug-likeness (QED) is 0.912. The van der Waals surface area contributed by atoms with Crippen LogP contribution in [0.15, 0.2) is 29.6 Å². The number of likely N-dealkylation sites (tertiary alicyclic amines) is 1. The second kappa shape index (κ2) is 5.39. The first-order valence-corrected chi connectivity index (χ1v) is 7.59. The molecule has 1 aliphatic heterocycles. The van der Waals surface area contributed by atoms with Gasteiger partial charge in [0.25, 0.3) is 0 Å². The lowest BCUT2D eigenvalue weighted by Gasteiger charge is -2.31. The van der Waals surface area contributed by atoms with Gasteiger partial charge in [0.1, 0.15) is 0 Å². The van der Waals surface area contributed by atoms with Gasteiger partial charge in [0, 0.05) is 17.3 Å². The van der Waals surface area contributed by atoms with Crippen LogP contribution in [0.1, 0.15) is 18.4 Å². The zero-order chi connectivity index (χ0) is 12.4. The molecule has 0 aliphatic carbocycles. The van der Waals surface area contributed by atoms with Gasteiger partial charge in [-0.2, -0.15) is 0 Å². The van der Waals surface area contributed by atoms with E-state index < -0.39 is 0 Å². The molecule has 18 heavy (non-hydrogen) atoms. The number of rotatable bonds is 3. The molecule has 1 aliphatic rings. The van der Waals surface area contributed by atoms with Crippen molar-refractivity contribution < 1.29 is 0 Å². The Bertz CT molecular complexity index is 512. The lowest BCUT2D eigenvalue weighted by Crippen LogP contribution is -2.40. The lowest BCUT2D eigenvalue weighted by atomic mass is 10.0. The summed E-state index contributed by atoms with van der Waals surface area (Å²) in [5.74, 6) is 0. The van der Waals surface area contributed by atoms with E-state index in [-0.39, 0.29) is 0 Å². The Morgan fingerprint density at radius 3 is 2.83 bits per heavy atom. The van der Waals surface area contributed by atoms with Gasteiger partial charge in [-0.25, -0.2) is 0 Å². The van der Waals surface area contributed by atoms with Crippen LogP contribution >= 0.6 is 11.3 Å². The molecule has 0 amide bonds. The highest BCUT2D eigenvalue weighted by atomic mass is 32.1. The third kappa shape index (κ3) is 2.44. The van der Waals surface area contributed by atoms with E-state index in [0.717, 1.165) is 12.6 Å². The lowest BCUT2D eigenvalue weighted by molar-refractivity contribution is 0.195. The first-order valence-electron chi connectivity index (χ1n) is 6.71. The van der Waals surface area contributed by atoms with Gasteiger partial charge < -0.3 is 5.32 Å². The maximum Gasteiger partial charge on any atom is 0.0346 e. The minimum atomic E-state index is 0.723. The number of nitrogens with zero attached hydrogens (tertiary/aromatic N) is 1. The van der Waals surface area contributed by atoms with Crippen molar-refractivity contribution in [3.8, 4) is 0 Å². The van der Waals surface area contributed by atoms with E-state index in [4.69, 9.17) is 0 Å². The highest BCUT2D eigenvalue weighted by Gasteiger charge is 2.18. The molecular weight excluding hydrogens is 240 g/mol. The number of nitrogens with one attached hydrogen (secondary N) is 1. The van der Waals surface area contributed by atoms with E-state index in [0.29, 0.717) is 0 Å². The number of thiophene rings is 1. The molecule has 1 saturated heterocycles. The van der Waals surface area contributed by atoms with Gasteiger partial charge in [0.2, 0.25) is 0 Å². The molecule has 0 radical (unpaired) electrons. The number of fused-ring (bicyclic) bond motifs is 1. The molecule has 2 nitrogen and oxygen atoms in total. The third-order valence-electron chi connectivity index (χ3n) is 3.95. The van der Waals surface area contributed by atoms with Gasteiger partial charge in [-0.15, -0.1) is 11.3 Å². The van der Waals surface area contributed by atoms with Crippen LogP contribution < -0.4 is 5.32 Å². The van der Waals surface area contributed by atoms with Crippen LogP contribution in [0, 0.1) is 0 Å². The van der Waals surface area contributed by atoms with Gasteiger partial charge >= 0.3 is 0 Å². The fraction of sp³-hybridized carbons (Fsp3) is 0.467. The highest BCUT2D eigenvalue weighted by molar-refractivity contribution is 7.17. The number of piperidine rings is 1. The zero-order valence-electron chi connectivity index (χ0n) is 10.9. The summed E-state index contributed by atoms with van der Waals surface area (Å²) in [7, 11) is 2.08. The van der Waals surface area contributed by atoms with Gasteiger partial charge in [-0.05, 0) is 55.4 Å². The summed E-state index contributed by atoms with van der Waals surface area (Å²) in [6.07, 6.45) is 2.55. The Labute approximate surface area is 113 Å². The molecule has 96 valence electrons. The van der Waals surface area contributed by atoms with E-state index in [2.05, 4.69) is 46.9 Å². The van der Waals surface area contributed by atoms with Crippen molar-refractivity contribution in [2.75, 3.05) is 20.1 Å². The van der Waals surface area contributed by atoms with Gasteiger partial charge in [-0.1, -0.05) is 18.2 Å². The van der Waals surface area contributed by atoms with E-state index in [1.54, 1.807) is 0 Å². The molecular formula is C15H20N2S. The van der Waals surface area contributed by atoms with Crippen LogP contribution in [-0.2, 0) is 6.54 Å². The average Bonchev–Trinajstić information content (AvgIpc) is 2.83. The Hall–Kier alpha value is -0.900. The maximum absolute atomic E-state index is 3.39. The van der Waals surface area contributed by atoms with Crippen molar-refractivity contribution >= 4 is 21.4 Å². The largest absolute Gasteiger partial charge is 0.317 e. The molecule has 1 aromatic carbocycles. The SMILES string of the molecule is CNC1CCN(Cc2csc3ccccc23)CC1.